The lowest BCUT2D eigenvalue weighted by molar-refractivity contribution is -0.219. The molecular formula is C22H32O5. The Kier molecular flexibility index (Phi) is 4.43. The molecule has 0 radical (unpaired) electrons. The summed E-state index contributed by atoms with van der Waals surface area (Å²) in [6, 6.07) is 0. The third kappa shape index (κ3) is 2.92. The van der Waals surface area contributed by atoms with Crippen LogP contribution in [0.1, 0.15) is 72.6 Å². The number of rotatable bonds is 5. The van der Waals surface area contributed by atoms with Crippen molar-refractivity contribution in [2.75, 3.05) is 0 Å². The molecule has 0 spiro atoms. The average Bonchev–Trinajstić information content (AvgIpc) is 2.83. The first-order valence-electron chi connectivity index (χ1n) is 10.6. The molecule has 2 unspecified atom stereocenters. The summed E-state index contributed by atoms with van der Waals surface area (Å²) in [4.78, 5) is 36.9. The molecule has 1 aliphatic heterocycles. The topological polar surface area (TPSA) is 69.7 Å². The molecule has 4 saturated carbocycles. The van der Waals surface area contributed by atoms with E-state index in [0.717, 1.165) is 18.3 Å². The van der Waals surface area contributed by atoms with Crippen molar-refractivity contribution < 1.29 is 23.9 Å². The second-order valence-corrected chi connectivity index (χ2v) is 10.2. The Morgan fingerprint density at radius 2 is 1.63 bits per heavy atom. The Labute approximate surface area is 161 Å². The van der Waals surface area contributed by atoms with E-state index in [9.17, 15) is 14.4 Å². The second kappa shape index (κ2) is 6.31. The van der Waals surface area contributed by atoms with Crippen LogP contribution in [0.3, 0.4) is 0 Å². The number of carbonyl (C=O) groups is 3. The van der Waals surface area contributed by atoms with Crippen molar-refractivity contribution in [3.05, 3.63) is 0 Å². The van der Waals surface area contributed by atoms with Crippen LogP contribution in [0, 0.1) is 40.9 Å². The molecule has 4 aliphatic carbocycles. The monoisotopic (exact) mass is 376 g/mol. The second-order valence-electron chi connectivity index (χ2n) is 10.2. The summed E-state index contributed by atoms with van der Waals surface area (Å²) in [5.41, 5.74) is -1.15. The van der Waals surface area contributed by atoms with Crippen LogP contribution >= 0.6 is 0 Å². The minimum absolute atomic E-state index is 0.226. The first kappa shape index (κ1) is 18.9. The maximum absolute atomic E-state index is 13.2. The molecule has 5 heteroatoms. The lowest BCUT2D eigenvalue weighted by Crippen LogP contribution is -2.60. The highest BCUT2D eigenvalue weighted by molar-refractivity contribution is 5.96. The van der Waals surface area contributed by atoms with Gasteiger partial charge >= 0.3 is 17.9 Å². The van der Waals surface area contributed by atoms with Crippen LogP contribution in [0.25, 0.3) is 0 Å². The summed E-state index contributed by atoms with van der Waals surface area (Å²) in [5.74, 6) is 0.329. The molecule has 0 aromatic heterocycles. The zero-order chi connectivity index (χ0) is 19.6. The summed E-state index contributed by atoms with van der Waals surface area (Å²) in [6.45, 7) is 7.51. The van der Waals surface area contributed by atoms with Gasteiger partial charge in [-0.2, -0.15) is 0 Å². The number of hydrogen-bond donors (Lipinski definition) is 0. The van der Waals surface area contributed by atoms with Gasteiger partial charge in [-0.1, -0.05) is 13.8 Å². The molecular weight excluding hydrogens is 344 g/mol. The fraction of sp³-hybridized carbons (Fsp3) is 0.864. The molecule has 5 fully saturated rings. The van der Waals surface area contributed by atoms with Crippen molar-refractivity contribution in [3.8, 4) is 0 Å². The normalized spacial score (nSPS) is 43.1. The van der Waals surface area contributed by atoms with Gasteiger partial charge in [0.05, 0.1) is 17.3 Å². The summed E-state index contributed by atoms with van der Waals surface area (Å²) in [7, 11) is 0. The molecule has 0 aromatic rings. The first-order chi connectivity index (χ1) is 12.7. The third-order valence-corrected chi connectivity index (χ3v) is 8.12. The maximum atomic E-state index is 13.2. The third-order valence-electron chi connectivity index (χ3n) is 8.12. The zero-order valence-electron chi connectivity index (χ0n) is 17.0. The van der Waals surface area contributed by atoms with Crippen LogP contribution in [-0.2, 0) is 23.9 Å². The minimum atomic E-state index is -0.820. The van der Waals surface area contributed by atoms with Crippen molar-refractivity contribution in [1.82, 2.24) is 0 Å². The van der Waals surface area contributed by atoms with Crippen LogP contribution in [0.4, 0.5) is 0 Å². The number of cyclic esters (lactones) is 2. The molecule has 1 heterocycles. The first-order valence-corrected chi connectivity index (χ1v) is 10.6. The van der Waals surface area contributed by atoms with Crippen molar-refractivity contribution in [2.24, 2.45) is 40.9 Å². The molecule has 5 rings (SSSR count). The van der Waals surface area contributed by atoms with Crippen LogP contribution in [0.15, 0.2) is 0 Å². The molecule has 4 bridgehead atoms. The highest BCUT2D eigenvalue weighted by atomic mass is 16.6. The van der Waals surface area contributed by atoms with E-state index < -0.39 is 29.2 Å². The van der Waals surface area contributed by atoms with E-state index in [-0.39, 0.29) is 18.0 Å². The van der Waals surface area contributed by atoms with Crippen LogP contribution < -0.4 is 0 Å². The van der Waals surface area contributed by atoms with E-state index in [1.165, 1.54) is 32.1 Å². The van der Waals surface area contributed by atoms with Gasteiger partial charge in [-0.05, 0) is 82.5 Å². The molecule has 1 saturated heterocycles. The van der Waals surface area contributed by atoms with E-state index in [1.807, 2.05) is 13.8 Å². The van der Waals surface area contributed by atoms with Crippen molar-refractivity contribution in [1.29, 1.82) is 0 Å². The summed E-state index contributed by atoms with van der Waals surface area (Å²) >= 11 is 0. The van der Waals surface area contributed by atoms with Crippen molar-refractivity contribution >= 4 is 17.9 Å². The van der Waals surface area contributed by atoms with E-state index in [1.54, 1.807) is 6.92 Å². The van der Waals surface area contributed by atoms with E-state index in [4.69, 9.17) is 9.47 Å². The summed E-state index contributed by atoms with van der Waals surface area (Å²) in [5, 5.41) is 0. The fourth-order valence-electron chi connectivity index (χ4n) is 6.64. The van der Waals surface area contributed by atoms with Gasteiger partial charge in [-0.25, -0.2) is 0 Å². The lowest BCUT2D eigenvalue weighted by atomic mass is 9.49. The zero-order valence-corrected chi connectivity index (χ0v) is 17.0. The van der Waals surface area contributed by atoms with Gasteiger partial charge in [-0.3, -0.25) is 14.4 Å². The van der Waals surface area contributed by atoms with Crippen LogP contribution in [-0.4, -0.2) is 23.5 Å². The molecule has 0 aromatic carbocycles. The smallest absolute Gasteiger partial charge is 0.317 e. The maximum Gasteiger partial charge on any atom is 0.317 e. The van der Waals surface area contributed by atoms with E-state index >= 15 is 0 Å². The van der Waals surface area contributed by atoms with Gasteiger partial charge in [0.15, 0.2) is 0 Å². The standard InChI is InChI=1S/C22H32O5/c1-5-22(15-7-13-6-14(9-15)10-16(22)8-13)27-20(25)21(3,4)11-17-12(2)18(23)26-19(17)24/h12-17H,5-11H2,1-4H3. The number of carbonyl (C=O) groups excluding carboxylic acids is 3. The predicted octanol–water partition coefficient (Wildman–Crippen LogP) is 3.89. The molecule has 0 amide bonds. The van der Waals surface area contributed by atoms with E-state index in [0.29, 0.717) is 11.8 Å². The van der Waals surface area contributed by atoms with Gasteiger partial charge in [0.1, 0.15) is 5.60 Å². The number of hydrogen-bond acceptors (Lipinski definition) is 5. The Balaban J connectivity index is 1.50. The highest BCUT2D eigenvalue weighted by Crippen LogP contribution is 2.61. The largest absolute Gasteiger partial charge is 0.458 e. The van der Waals surface area contributed by atoms with Gasteiger partial charge in [0.2, 0.25) is 0 Å². The van der Waals surface area contributed by atoms with Gasteiger partial charge in [-0.15, -0.1) is 0 Å². The molecule has 27 heavy (non-hydrogen) atoms. The van der Waals surface area contributed by atoms with E-state index in [2.05, 4.69) is 6.92 Å². The molecule has 150 valence electrons. The van der Waals surface area contributed by atoms with Gasteiger partial charge in [0.25, 0.3) is 0 Å². The minimum Gasteiger partial charge on any atom is -0.458 e. The Bertz CT molecular complexity index is 636. The van der Waals surface area contributed by atoms with Gasteiger partial charge < -0.3 is 9.47 Å². The molecule has 2 atom stereocenters. The molecule has 0 N–H and O–H groups in total. The van der Waals surface area contributed by atoms with Crippen molar-refractivity contribution in [2.45, 2.75) is 78.2 Å². The molecule has 5 nitrogen and oxygen atoms in total. The lowest BCUT2D eigenvalue weighted by Gasteiger charge is -2.60. The SMILES string of the molecule is CCC1(OC(=O)C(C)(C)CC2C(=O)OC(=O)C2C)C2CC3CC(C2)CC1C3. The fourth-order valence-corrected chi connectivity index (χ4v) is 6.64. The highest BCUT2D eigenvalue weighted by Gasteiger charge is 2.59. The van der Waals surface area contributed by atoms with Crippen molar-refractivity contribution in [3.63, 3.8) is 0 Å². The number of ether oxygens (including phenoxy) is 2. The summed E-state index contributed by atoms with van der Waals surface area (Å²) in [6.07, 6.45) is 7.28. The number of esters is 3. The molecule has 5 aliphatic rings. The predicted molar refractivity (Wildman–Crippen MR) is 98.3 cm³/mol. The quantitative estimate of drug-likeness (QED) is 0.538. The van der Waals surface area contributed by atoms with Crippen LogP contribution in [0.2, 0.25) is 0 Å². The Morgan fingerprint density at radius 3 is 2.07 bits per heavy atom. The Hall–Kier alpha value is -1.39. The van der Waals surface area contributed by atoms with Gasteiger partial charge in [0, 0.05) is 0 Å². The summed E-state index contributed by atoms with van der Waals surface area (Å²) < 4.78 is 11.1. The van der Waals surface area contributed by atoms with Crippen LogP contribution in [0.5, 0.6) is 0 Å². The average molecular weight is 376 g/mol. The Morgan fingerprint density at radius 1 is 1.07 bits per heavy atom.